The molecule has 2 aromatic rings. The molecule has 21 heavy (non-hydrogen) atoms. The Kier molecular flexibility index (Phi) is 4.46. The van der Waals surface area contributed by atoms with Gasteiger partial charge in [0.15, 0.2) is 0 Å². The SMILES string of the molecule is O=c1c2c(ncn1CCCCc1ccccc1)CNCC2. The first kappa shape index (κ1) is 14.0. The van der Waals surface area contributed by atoms with Gasteiger partial charge in [0.2, 0.25) is 0 Å². The minimum absolute atomic E-state index is 0.154. The standard InChI is InChI=1S/C17H21N3O/c21-17-15-9-10-18-12-16(15)19-13-20(17)11-5-4-8-14-6-2-1-3-7-14/h1-3,6-7,13,18H,4-5,8-12H2. The van der Waals surface area contributed by atoms with Gasteiger partial charge >= 0.3 is 0 Å². The number of benzene rings is 1. The zero-order valence-corrected chi connectivity index (χ0v) is 12.2. The lowest BCUT2D eigenvalue weighted by Crippen LogP contribution is -2.34. The maximum atomic E-state index is 12.4. The smallest absolute Gasteiger partial charge is 0.256 e. The van der Waals surface area contributed by atoms with Crippen molar-refractivity contribution in [2.45, 2.75) is 38.8 Å². The Hall–Kier alpha value is -1.94. The quantitative estimate of drug-likeness (QED) is 0.853. The van der Waals surface area contributed by atoms with Crippen molar-refractivity contribution in [1.29, 1.82) is 0 Å². The molecule has 3 rings (SSSR count). The second-order valence-corrected chi connectivity index (χ2v) is 5.54. The summed E-state index contributed by atoms with van der Waals surface area (Å²) in [6, 6.07) is 10.5. The fourth-order valence-electron chi connectivity index (χ4n) is 2.81. The zero-order chi connectivity index (χ0) is 14.5. The van der Waals surface area contributed by atoms with Crippen molar-refractivity contribution >= 4 is 0 Å². The van der Waals surface area contributed by atoms with E-state index in [2.05, 4.69) is 34.6 Å². The van der Waals surface area contributed by atoms with Gasteiger partial charge < -0.3 is 5.32 Å². The summed E-state index contributed by atoms with van der Waals surface area (Å²) in [4.78, 5) is 16.8. The molecule has 0 amide bonds. The molecule has 0 aliphatic carbocycles. The molecule has 4 nitrogen and oxygen atoms in total. The number of nitrogens with one attached hydrogen (secondary N) is 1. The number of aromatic nitrogens is 2. The highest BCUT2D eigenvalue weighted by Gasteiger charge is 2.14. The second kappa shape index (κ2) is 6.68. The van der Waals surface area contributed by atoms with Crippen LogP contribution in [0.25, 0.3) is 0 Å². The van der Waals surface area contributed by atoms with Crippen LogP contribution in [0.3, 0.4) is 0 Å². The van der Waals surface area contributed by atoms with E-state index < -0.39 is 0 Å². The molecule has 1 aromatic heterocycles. The summed E-state index contributed by atoms with van der Waals surface area (Å²) < 4.78 is 1.77. The number of fused-ring (bicyclic) bond motifs is 1. The Morgan fingerprint density at radius 3 is 2.90 bits per heavy atom. The van der Waals surface area contributed by atoms with Crippen molar-refractivity contribution < 1.29 is 0 Å². The van der Waals surface area contributed by atoms with Gasteiger partial charge in [-0.15, -0.1) is 0 Å². The number of aryl methyl sites for hydroxylation is 2. The molecular formula is C17H21N3O. The summed E-state index contributed by atoms with van der Waals surface area (Å²) in [5.74, 6) is 0. The van der Waals surface area contributed by atoms with E-state index in [9.17, 15) is 4.79 Å². The highest BCUT2D eigenvalue weighted by Crippen LogP contribution is 2.07. The summed E-state index contributed by atoms with van der Waals surface area (Å²) in [6.07, 6.45) is 5.67. The molecule has 0 fully saturated rings. The minimum Gasteiger partial charge on any atom is -0.311 e. The minimum atomic E-state index is 0.154. The molecule has 0 unspecified atom stereocenters. The van der Waals surface area contributed by atoms with Crippen LogP contribution in [0.1, 0.15) is 29.7 Å². The van der Waals surface area contributed by atoms with E-state index in [0.717, 1.165) is 56.6 Å². The number of hydrogen-bond acceptors (Lipinski definition) is 3. The van der Waals surface area contributed by atoms with Gasteiger partial charge in [-0.3, -0.25) is 9.36 Å². The molecule has 0 saturated heterocycles. The average molecular weight is 283 g/mol. The lowest BCUT2D eigenvalue weighted by molar-refractivity contribution is 0.553. The lowest BCUT2D eigenvalue weighted by atomic mass is 10.1. The largest absolute Gasteiger partial charge is 0.311 e. The van der Waals surface area contributed by atoms with Crippen LogP contribution in [0.4, 0.5) is 0 Å². The van der Waals surface area contributed by atoms with Gasteiger partial charge in [0.1, 0.15) is 0 Å². The molecule has 4 heteroatoms. The van der Waals surface area contributed by atoms with Gasteiger partial charge in [0, 0.05) is 18.7 Å². The summed E-state index contributed by atoms with van der Waals surface area (Å²) in [5.41, 5.74) is 3.34. The zero-order valence-electron chi connectivity index (χ0n) is 12.2. The van der Waals surface area contributed by atoms with E-state index in [1.165, 1.54) is 5.56 Å². The van der Waals surface area contributed by atoms with Crippen LogP contribution in [0.2, 0.25) is 0 Å². The number of unbranched alkanes of at least 4 members (excludes halogenated alkanes) is 1. The molecule has 1 aliphatic heterocycles. The Labute approximate surface area is 124 Å². The summed E-state index contributed by atoms with van der Waals surface area (Å²) in [6.45, 7) is 2.36. The first-order chi connectivity index (χ1) is 10.3. The maximum Gasteiger partial charge on any atom is 0.256 e. The summed E-state index contributed by atoms with van der Waals surface area (Å²) >= 11 is 0. The molecule has 1 N–H and O–H groups in total. The van der Waals surface area contributed by atoms with E-state index in [4.69, 9.17) is 0 Å². The van der Waals surface area contributed by atoms with Gasteiger partial charge in [-0.25, -0.2) is 4.98 Å². The third kappa shape index (κ3) is 3.39. The van der Waals surface area contributed by atoms with Crippen molar-refractivity contribution in [2.75, 3.05) is 6.54 Å². The van der Waals surface area contributed by atoms with Crippen LogP contribution < -0.4 is 10.9 Å². The molecule has 110 valence electrons. The van der Waals surface area contributed by atoms with Crippen LogP contribution in [-0.2, 0) is 25.9 Å². The average Bonchev–Trinajstić information content (AvgIpc) is 2.55. The summed E-state index contributed by atoms with van der Waals surface area (Å²) in [5, 5.41) is 3.25. The maximum absolute atomic E-state index is 12.4. The Morgan fingerprint density at radius 1 is 1.19 bits per heavy atom. The topological polar surface area (TPSA) is 46.9 Å². The van der Waals surface area contributed by atoms with Crippen molar-refractivity contribution in [3.8, 4) is 0 Å². The molecule has 1 aliphatic rings. The second-order valence-electron chi connectivity index (χ2n) is 5.54. The van der Waals surface area contributed by atoms with Crippen LogP contribution in [0.15, 0.2) is 41.5 Å². The molecule has 2 heterocycles. The molecule has 1 aromatic carbocycles. The van der Waals surface area contributed by atoms with Gasteiger partial charge in [-0.2, -0.15) is 0 Å². The van der Waals surface area contributed by atoms with Crippen molar-refractivity contribution in [3.63, 3.8) is 0 Å². The Morgan fingerprint density at radius 2 is 2.05 bits per heavy atom. The van der Waals surface area contributed by atoms with Gasteiger partial charge in [0.25, 0.3) is 5.56 Å². The van der Waals surface area contributed by atoms with Crippen LogP contribution in [-0.4, -0.2) is 16.1 Å². The number of nitrogens with zero attached hydrogens (tertiary/aromatic N) is 2. The first-order valence-electron chi connectivity index (χ1n) is 7.66. The van der Waals surface area contributed by atoms with E-state index >= 15 is 0 Å². The van der Waals surface area contributed by atoms with Crippen molar-refractivity contribution in [1.82, 2.24) is 14.9 Å². The van der Waals surface area contributed by atoms with Crippen LogP contribution >= 0.6 is 0 Å². The molecular weight excluding hydrogens is 262 g/mol. The molecule has 0 saturated carbocycles. The number of rotatable bonds is 5. The fraction of sp³-hybridized carbons (Fsp3) is 0.412. The van der Waals surface area contributed by atoms with Gasteiger partial charge in [0.05, 0.1) is 12.0 Å². The molecule has 0 radical (unpaired) electrons. The Balaban J connectivity index is 1.57. The predicted octanol–water partition coefficient (Wildman–Crippen LogP) is 1.91. The van der Waals surface area contributed by atoms with Gasteiger partial charge in [-0.05, 0) is 37.8 Å². The highest BCUT2D eigenvalue weighted by atomic mass is 16.1. The molecule has 0 spiro atoms. The van der Waals surface area contributed by atoms with E-state index in [0.29, 0.717) is 0 Å². The van der Waals surface area contributed by atoms with Gasteiger partial charge in [-0.1, -0.05) is 30.3 Å². The third-order valence-corrected chi connectivity index (χ3v) is 4.02. The Bertz CT molecular complexity index is 649. The van der Waals surface area contributed by atoms with Crippen molar-refractivity contribution in [2.24, 2.45) is 0 Å². The highest BCUT2D eigenvalue weighted by molar-refractivity contribution is 5.19. The predicted molar refractivity (Wildman–Crippen MR) is 83.3 cm³/mol. The van der Waals surface area contributed by atoms with E-state index in [1.807, 2.05) is 6.07 Å². The summed E-state index contributed by atoms with van der Waals surface area (Å²) in [7, 11) is 0. The lowest BCUT2D eigenvalue weighted by Gasteiger charge is -2.16. The molecule has 0 atom stereocenters. The fourth-order valence-corrected chi connectivity index (χ4v) is 2.81. The third-order valence-electron chi connectivity index (χ3n) is 4.02. The molecule has 0 bridgehead atoms. The van der Waals surface area contributed by atoms with E-state index in [-0.39, 0.29) is 5.56 Å². The number of hydrogen-bond donors (Lipinski definition) is 1. The first-order valence-corrected chi connectivity index (χ1v) is 7.66. The van der Waals surface area contributed by atoms with Crippen molar-refractivity contribution in [3.05, 3.63) is 63.8 Å². The van der Waals surface area contributed by atoms with Crippen LogP contribution in [0.5, 0.6) is 0 Å². The van der Waals surface area contributed by atoms with Crippen LogP contribution in [0, 0.1) is 0 Å². The monoisotopic (exact) mass is 283 g/mol. The normalized spacial score (nSPS) is 13.9. The van der Waals surface area contributed by atoms with E-state index in [1.54, 1.807) is 10.9 Å².